The Labute approximate surface area is 130 Å². The molecule has 0 aromatic rings. The van der Waals surface area contributed by atoms with E-state index < -0.39 is 0 Å². The summed E-state index contributed by atoms with van der Waals surface area (Å²) in [5.41, 5.74) is 12.2. The van der Waals surface area contributed by atoms with E-state index in [9.17, 15) is 0 Å². The van der Waals surface area contributed by atoms with Crippen molar-refractivity contribution < 1.29 is 0 Å². The van der Waals surface area contributed by atoms with E-state index in [1.807, 2.05) is 0 Å². The summed E-state index contributed by atoms with van der Waals surface area (Å²) in [6, 6.07) is 0.926. The van der Waals surface area contributed by atoms with Gasteiger partial charge in [-0.25, -0.2) is 0 Å². The van der Waals surface area contributed by atoms with Crippen LogP contribution in [-0.2, 0) is 0 Å². The third-order valence-corrected chi connectivity index (χ3v) is 5.36. The van der Waals surface area contributed by atoms with Crippen LogP contribution >= 0.6 is 0 Å². The molecule has 2 saturated carbocycles. The van der Waals surface area contributed by atoms with Crippen LogP contribution in [0.5, 0.6) is 0 Å². The van der Waals surface area contributed by atoms with Crippen molar-refractivity contribution in [3.05, 3.63) is 0 Å². The van der Waals surface area contributed by atoms with Gasteiger partial charge in [-0.1, -0.05) is 13.8 Å². The molecule has 6 atom stereocenters. The van der Waals surface area contributed by atoms with Crippen molar-refractivity contribution in [2.24, 2.45) is 35.1 Å². The van der Waals surface area contributed by atoms with Gasteiger partial charge in [0.1, 0.15) is 0 Å². The summed E-state index contributed by atoms with van der Waals surface area (Å²) in [4.78, 5) is 0. The smallest absolute Gasteiger partial charge is 0.00647 e. The fourth-order valence-corrected chi connectivity index (χ4v) is 3.96. The first kappa shape index (κ1) is 16.8. The monoisotopic (exact) mass is 358 g/mol. The van der Waals surface area contributed by atoms with E-state index in [4.69, 9.17) is 11.5 Å². The van der Waals surface area contributed by atoms with Crippen LogP contribution in [0.25, 0.3) is 0 Å². The summed E-state index contributed by atoms with van der Waals surface area (Å²) in [7, 11) is 0. The van der Waals surface area contributed by atoms with Crippen molar-refractivity contribution in [3.8, 4) is 0 Å². The van der Waals surface area contributed by atoms with E-state index in [1.165, 1.54) is 44.9 Å². The van der Waals surface area contributed by atoms with Gasteiger partial charge in [-0.3, -0.25) is 0 Å². The average molecular weight is 357 g/mol. The largest absolute Gasteiger partial charge is 0.327 e. The third-order valence-electron chi connectivity index (χ3n) is 5.36. The molecule has 2 nitrogen and oxygen atoms in total. The van der Waals surface area contributed by atoms with Crippen LogP contribution < -0.4 is 11.5 Å². The molecular weight excluding hydrogens is 327 g/mol. The summed E-state index contributed by atoms with van der Waals surface area (Å²) in [6.07, 6.45) is 9.37. The van der Waals surface area contributed by atoms with Crippen molar-refractivity contribution in [2.75, 3.05) is 0 Å². The molecule has 0 heterocycles. The van der Waals surface area contributed by atoms with Gasteiger partial charge in [0.15, 0.2) is 0 Å². The van der Waals surface area contributed by atoms with Crippen LogP contribution in [0.4, 0.5) is 0 Å². The first-order chi connectivity index (χ1) is 8.06. The van der Waals surface area contributed by atoms with Crippen LogP contribution in [0.2, 0.25) is 0 Å². The minimum atomic E-state index is 0. The van der Waals surface area contributed by atoms with Crippen LogP contribution in [0.1, 0.15) is 58.8 Å². The summed E-state index contributed by atoms with van der Waals surface area (Å²) in [5.74, 6) is 3.35. The molecule has 104 valence electrons. The van der Waals surface area contributed by atoms with E-state index in [2.05, 4.69) is 13.8 Å². The zero-order chi connectivity index (χ0) is 12.4. The Morgan fingerprint density at radius 1 is 0.778 bits per heavy atom. The van der Waals surface area contributed by atoms with E-state index in [1.54, 1.807) is 0 Å². The number of hydrogen-bond donors (Lipinski definition) is 2. The van der Waals surface area contributed by atoms with Crippen molar-refractivity contribution in [3.63, 3.8) is 0 Å². The molecule has 3 heteroatoms. The van der Waals surface area contributed by atoms with Crippen molar-refractivity contribution in [1.82, 2.24) is 0 Å². The Balaban J connectivity index is 0.00000162. The number of hydrogen-bond acceptors (Lipinski definition) is 2. The van der Waals surface area contributed by atoms with Crippen molar-refractivity contribution in [1.29, 1.82) is 0 Å². The van der Waals surface area contributed by atoms with Gasteiger partial charge < -0.3 is 11.5 Å². The Bertz CT molecular complexity index is 223. The minimum Gasteiger partial charge on any atom is -0.327 e. The molecule has 0 aromatic heterocycles. The summed E-state index contributed by atoms with van der Waals surface area (Å²) < 4.78 is 0. The third kappa shape index (κ3) is 4.38. The molecule has 4 N–H and O–H groups in total. The van der Waals surface area contributed by atoms with Gasteiger partial charge in [0.2, 0.25) is 0 Å². The van der Waals surface area contributed by atoms with Gasteiger partial charge in [0.25, 0.3) is 0 Å². The first-order valence-corrected chi connectivity index (χ1v) is 7.57. The van der Waals surface area contributed by atoms with E-state index in [-0.39, 0.29) is 23.9 Å². The number of rotatable bonds is 2. The second kappa shape index (κ2) is 7.49. The van der Waals surface area contributed by atoms with Crippen LogP contribution in [-0.4, -0.2) is 36.0 Å². The Hall–Kier alpha value is 0.719. The normalized spacial score (nSPS) is 45.3. The number of nitrogens with two attached hydrogens (primary N) is 2. The molecule has 0 amide bonds. The predicted molar refractivity (Wildman–Crippen MR) is 79.3 cm³/mol. The molecule has 2 rings (SSSR count). The molecule has 2 aliphatic carbocycles. The molecule has 6 unspecified atom stereocenters. The molecular formula is C15H30N2Sn. The van der Waals surface area contributed by atoms with Crippen molar-refractivity contribution in [2.45, 2.75) is 70.9 Å². The van der Waals surface area contributed by atoms with Gasteiger partial charge in [-0.05, 0) is 68.6 Å². The molecule has 18 heavy (non-hydrogen) atoms. The maximum absolute atomic E-state index is 6.10. The first-order valence-electron chi connectivity index (χ1n) is 7.57. The Morgan fingerprint density at radius 3 is 1.50 bits per heavy atom. The van der Waals surface area contributed by atoms with Crippen LogP contribution in [0, 0.1) is 23.7 Å². The second-order valence-electron chi connectivity index (χ2n) is 6.88. The Morgan fingerprint density at radius 2 is 1.17 bits per heavy atom. The zero-order valence-electron chi connectivity index (χ0n) is 12.1. The van der Waals surface area contributed by atoms with Gasteiger partial charge in [0, 0.05) is 36.0 Å². The quantitative estimate of drug-likeness (QED) is 0.747. The molecule has 0 spiro atoms. The molecule has 2 aliphatic rings. The molecule has 0 bridgehead atoms. The summed E-state index contributed by atoms with van der Waals surface area (Å²) in [5, 5.41) is 0. The SMILES string of the molecule is CC1CC(CC2CCC(N)C(C)C2)CCC1N.[Sn]. The van der Waals surface area contributed by atoms with Gasteiger partial charge in [-0.2, -0.15) is 0 Å². The Kier molecular flexibility index (Phi) is 6.98. The molecule has 0 aliphatic heterocycles. The standard InChI is InChI=1S/C15H30N2.Sn/c1-10-7-12(3-5-14(10)16)9-13-4-6-15(17)11(2)8-13;/h10-15H,3-9,16-17H2,1-2H3;. The van der Waals surface area contributed by atoms with Crippen LogP contribution in [0.3, 0.4) is 0 Å². The fourth-order valence-electron chi connectivity index (χ4n) is 3.96. The second-order valence-corrected chi connectivity index (χ2v) is 6.88. The molecule has 2 fully saturated rings. The minimum absolute atomic E-state index is 0. The van der Waals surface area contributed by atoms with E-state index in [0.29, 0.717) is 12.1 Å². The molecule has 0 saturated heterocycles. The van der Waals surface area contributed by atoms with Gasteiger partial charge in [-0.15, -0.1) is 0 Å². The van der Waals surface area contributed by atoms with Crippen LogP contribution in [0.15, 0.2) is 0 Å². The maximum atomic E-state index is 6.10. The maximum Gasteiger partial charge on any atom is 0.00647 e. The average Bonchev–Trinajstić information content (AvgIpc) is 2.29. The molecule has 0 aromatic carbocycles. The zero-order valence-corrected chi connectivity index (χ0v) is 14.9. The summed E-state index contributed by atoms with van der Waals surface area (Å²) in [6.45, 7) is 4.66. The van der Waals surface area contributed by atoms with Crippen molar-refractivity contribution >= 4 is 23.9 Å². The predicted octanol–water partition coefficient (Wildman–Crippen LogP) is 2.52. The van der Waals surface area contributed by atoms with E-state index in [0.717, 1.165) is 23.7 Å². The summed E-state index contributed by atoms with van der Waals surface area (Å²) >= 11 is 0. The molecule has 4 radical (unpaired) electrons. The fraction of sp³-hybridized carbons (Fsp3) is 1.00. The topological polar surface area (TPSA) is 52.0 Å². The van der Waals surface area contributed by atoms with Gasteiger partial charge >= 0.3 is 0 Å². The van der Waals surface area contributed by atoms with E-state index >= 15 is 0 Å². The van der Waals surface area contributed by atoms with Gasteiger partial charge in [0.05, 0.1) is 0 Å².